The summed E-state index contributed by atoms with van der Waals surface area (Å²) in [5, 5.41) is 0. The predicted octanol–water partition coefficient (Wildman–Crippen LogP) is 5.91. The molecule has 0 saturated heterocycles. The van der Waals surface area contributed by atoms with Crippen LogP contribution in [0.4, 0.5) is 0 Å². The van der Waals surface area contributed by atoms with Crippen molar-refractivity contribution >= 4 is 17.3 Å². The van der Waals surface area contributed by atoms with Gasteiger partial charge in [-0.15, -0.1) is 0 Å². The highest BCUT2D eigenvalue weighted by Gasteiger charge is 2.37. The van der Waals surface area contributed by atoms with Crippen LogP contribution in [0, 0.1) is 6.92 Å². The Kier molecular flexibility index (Phi) is 6.51. The number of fused-ring (bicyclic) bond motifs is 1. The van der Waals surface area contributed by atoms with Gasteiger partial charge in [0.15, 0.2) is 0 Å². The van der Waals surface area contributed by atoms with Gasteiger partial charge in [0, 0.05) is 17.6 Å². The van der Waals surface area contributed by atoms with Crippen molar-refractivity contribution in [2.45, 2.75) is 65.6 Å². The molecule has 0 saturated carbocycles. The third kappa shape index (κ3) is 5.13. The number of esters is 1. The van der Waals surface area contributed by atoms with E-state index in [2.05, 4.69) is 6.92 Å². The van der Waals surface area contributed by atoms with Gasteiger partial charge in [-0.25, -0.2) is 4.79 Å². The molecule has 2 aromatic carbocycles. The molecule has 0 spiro atoms. The second-order valence-electron chi connectivity index (χ2n) is 9.35. The first-order valence-electron chi connectivity index (χ1n) is 10.9. The van der Waals surface area contributed by atoms with E-state index in [-0.39, 0.29) is 17.0 Å². The topological polar surface area (TPSA) is 52.6 Å². The van der Waals surface area contributed by atoms with Crippen LogP contribution in [-0.2, 0) is 14.3 Å². The van der Waals surface area contributed by atoms with Crippen LogP contribution in [-0.4, -0.2) is 29.6 Å². The van der Waals surface area contributed by atoms with E-state index in [1.54, 1.807) is 6.07 Å². The minimum absolute atomic E-state index is 0.105. The van der Waals surface area contributed by atoms with Crippen LogP contribution >= 0.6 is 0 Å². The monoisotopic (exact) mass is 420 g/mol. The maximum Gasteiger partial charge on any atom is 0.343 e. The summed E-state index contributed by atoms with van der Waals surface area (Å²) in [6.07, 6.45) is 1.43. The van der Waals surface area contributed by atoms with Crippen molar-refractivity contribution in [1.82, 2.24) is 0 Å². The summed E-state index contributed by atoms with van der Waals surface area (Å²) in [6, 6.07) is 15.2. The van der Waals surface area contributed by atoms with Gasteiger partial charge in [0.25, 0.3) is 0 Å². The lowest BCUT2D eigenvalue weighted by atomic mass is 9.96. The van der Waals surface area contributed by atoms with Crippen LogP contribution in [0.25, 0.3) is 5.57 Å². The Bertz CT molecular complexity index is 1010. The first-order valence-corrected chi connectivity index (χ1v) is 10.9. The fourth-order valence-corrected chi connectivity index (χ4v) is 3.52. The van der Waals surface area contributed by atoms with Gasteiger partial charge in [-0.1, -0.05) is 61.0 Å². The first-order chi connectivity index (χ1) is 14.5. The largest absolute Gasteiger partial charge is 0.456 e. The zero-order valence-electron chi connectivity index (χ0n) is 19.4. The van der Waals surface area contributed by atoms with E-state index < -0.39 is 11.6 Å². The van der Waals surface area contributed by atoms with Gasteiger partial charge in [-0.2, -0.15) is 0 Å². The van der Waals surface area contributed by atoms with Gasteiger partial charge < -0.3 is 9.47 Å². The zero-order valence-corrected chi connectivity index (χ0v) is 19.4. The van der Waals surface area contributed by atoms with E-state index in [0.717, 1.165) is 23.1 Å². The van der Waals surface area contributed by atoms with Gasteiger partial charge in [-0.05, 0) is 52.2 Å². The highest BCUT2D eigenvalue weighted by atomic mass is 16.6. The summed E-state index contributed by atoms with van der Waals surface area (Å²) in [6.45, 7) is 12.3. The summed E-state index contributed by atoms with van der Waals surface area (Å²) in [5.41, 5.74) is 3.03. The molecule has 3 rings (SSSR count). The lowest BCUT2D eigenvalue weighted by Gasteiger charge is -2.29. The molecular formula is C27H32O4. The second-order valence-corrected chi connectivity index (χ2v) is 9.35. The molecule has 0 aromatic heterocycles. The molecule has 0 aliphatic heterocycles. The van der Waals surface area contributed by atoms with Crippen LogP contribution in [0.2, 0.25) is 0 Å². The van der Waals surface area contributed by atoms with Crippen LogP contribution in [0.1, 0.15) is 74.5 Å². The molecule has 0 bridgehead atoms. The Morgan fingerprint density at radius 2 is 1.52 bits per heavy atom. The maximum absolute atomic E-state index is 13.3. The fraction of sp³-hybridized carbons (Fsp3) is 0.407. The number of carbonyl (C=O) groups is 2. The van der Waals surface area contributed by atoms with E-state index in [1.807, 2.05) is 77.1 Å². The molecule has 164 valence electrons. The fourth-order valence-electron chi connectivity index (χ4n) is 3.52. The molecule has 0 amide bonds. The molecule has 0 radical (unpaired) electrons. The van der Waals surface area contributed by atoms with Crippen molar-refractivity contribution in [1.29, 1.82) is 0 Å². The molecule has 1 aliphatic carbocycles. The zero-order chi connectivity index (χ0) is 22.8. The number of benzene rings is 2. The van der Waals surface area contributed by atoms with E-state index in [0.29, 0.717) is 24.2 Å². The molecule has 0 atom stereocenters. The number of ether oxygens (including phenoxy) is 2. The lowest BCUT2D eigenvalue weighted by Crippen LogP contribution is -2.33. The van der Waals surface area contributed by atoms with Crippen molar-refractivity contribution < 1.29 is 19.1 Å². The van der Waals surface area contributed by atoms with Gasteiger partial charge >= 0.3 is 5.97 Å². The number of rotatable bonds is 8. The van der Waals surface area contributed by atoms with Crippen molar-refractivity contribution in [2.24, 2.45) is 0 Å². The quantitative estimate of drug-likeness (QED) is 0.393. The lowest BCUT2D eigenvalue weighted by molar-refractivity contribution is -0.153. The normalized spacial score (nSPS) is 14.1. The highest BCUT2D eigenvalue weighted by Crippen LogP contribution is 2.38. The Hall–Kier alpha value is -2.72. The molecule has 0 heterocycles. The average Bonchev–Trinajstić information content (AvgIpc) is 3.01. The third-order valence-corrected chi connectivity index (χ3v) is 5.88. The summed E-state index contributed by atoms with van der Waals surface area (Å²) in [4.78, 5) is 26.4. The van der Waals surface area contributed by atoms with E-state index in [4.69, 9.17) is 9.47 Å². The van der Waals surface area contributed by atoms with E-state index >= 15 is 0 Å². The second kappa shape index (κ2) is 8.80. The molecule has 0 unspecified atom stereocenters. The molecule has 31 heavy (non-hydrogen) atoms. The molecule has 0 fully saturated rings. The molecule has 4 nitrogen and oxygen atoms in total. The molecule has 4 heteroatoms. The third-order valence-electron chi connectivity index (χ3n) is 5.88. The Morgan fingerprint density at radius 3 is 2.13 bits per heavy atom. The predicted molar refractivity (Wildman–Crippen MR) is 123 cm³/mol. The van der Waals surface area contributed by atoms with Crippen LogP contribution in [0.3, 0.4) is 0 Å². The average molecular weight is 421 g/mol. The number of Topliss-reactive ketones (excluding diaryl/α,β-unsaturated/α-hetero) is 1. The molecule has 1 aliphatic rings. The van der Waals surface area contributed by atoms with E-state index in [9.17, 15) is 9.59 Å². The highest BCUT2D eigenvalue weighted by molar-refractivity contribution is 6.35. The van der Waals surface area contributed by atoms with Crippen LogP contribution in [0.15, 0.2) is 54.1 Å². The maximum atomic E-state index is 13.3. The molecule has 2 aromatic rings. The standard InChI is InChI=1S/C27H32O4/c1-7-26(3,4)30-17-16-27(5,6)31-25(29)23-22(19-14-12-18(2)13-15-19)20-10-8-9-11-21(20)24(23)28/h8-15H,7,16-17H2,1-6H3. The van der Waals surface area contributed by atoms with Crippen molar-refractivity contribution in [3.63, 3.8) is 0 Å². The van der Waals surface area contributed by atoms with Gasteiger partial charge in [0.1, 0.15) is 11.2 Å². The van der Waals surface area contributed by atoms with Crippen molar-refractivity contribution in [3.8, 4) is 0 Å². The van der Waals surface area contributed by atoms with Crippen LogP contribution in [0.5, 0.6) is 0 Å². The van der Waals surface area contributed by atoms with Crippen molar-refractivity contribution in [3.05, 3.63) is 76.4 Å². The Labute approximate surface area is 185 Å². The number of ketones is 1. The molecular weight excluding hydrogens is 388 g/mol. The minimum Gasteiger partial charge on any atom is -0.456 e. The summed E-state index contributed by atoms with van der Waals surface area (Å²) in [7, 11) is 0. The summed E-state index contributed by atoms with van der Waals surface area (Å²) >= 11 is 0. The van der Waals surface area contributed by atoms with Crippen molar-refractivity contribution in [2.75, 3.05) is 6.61 Å². The van der Waals surface area contributed by atoms with Gasteiger partial charge in [0.2, 0.25) is 5.78 Å². The SMILES string of the molecule is CCC(C)(C)OCCC(C)(C)OC(=O)C1=C(c2ccc(C)cc2)c2ccccc2C1=O. The summed E-state index contributed by atoms with van der Waals surface area (Å²) < 4.78 is 11.8. The number of carbonyl (C=O) groups excluding carboxylic acids is 2. The first kappa shape index (κ1) is 23.0. The van der Waals surface area contributed by atoms with Gasteiger partial charge in [-0.3, -0.25) is 4.79 Å². The summed E-state index contributed by atoms with van der Waals surface area (Å²) in [5.74, 6) is -0.869. The van der Waals surface area contributed by atoms with E-state index in [1.165, 1.54) is 0 Å². The smallest absolute Gasteiger partial charge is 0.343 e. The minimum atomic E-state index is -0.763. The number of hydrogen-bond acceptors (Lipinski definition) is 4. The molecule has 0 N–H and O–H groups in total. The Balaban J connectivity index is 1.89. The van der Waals surface area contributed by atoms with Gasteiger partial charge in [0.05, 0.1) is 12.2 Å². The Morgan fingerprint density at radius 1 is 0.903 bits per heavy atom. The number of aryl methyl sites for hydroxylation is 1. The number of hydrogen-bond donors (Lipinski definition) is 0. The van der Waals surface area contributed by atoms with Crippen LogP contribution < -0.4 is 0 Å².